The molecule has 0 bridgehead atoms. The molecule has 0 aliphatic heterocycles. The third kappa shape index (κ3) is 7.07. The maximum atomic E-state index is 13.2. The molecule has 4 aromatic carbocycles. The molecule has 0 saturated heterocycles. The fourth-order valence-corrected chi connectivity index (χ4v) is 6.21. The number of hydrogen-bond acceptors (Lipinski definition) is 5. The topological polar surface area (TPSA) is 94.5 Å². The van der Waals surface area contributed by atoms with Crippen molar-refractivity contribution in [1.82, 2.24) is 9.88 Å². The van der Waals surface area contributed by atoms with E-state index in [-0.39, 0.29) is 22.8 Å². The standard InChI is InChI=1S/C38H40N2O5S/c1-24-26(3)40(23-27-12-14-29(15-13-27)32-10-8-9-11-33(32)37(42)45-38(4,5)6)35-21-18-30(22-34(24)35)36(41)39-25(2)28-16-19-31(20-17-28)46(7,43)44/h8-22,25H,23H2,1-7H3,(H,39,41). The summed E-state index contributed by atoms with van der Waals surface area (Å²) in [5, 5.41) is 4.04. The van der Waals surface area contributed by atoms with Crippen LogP contribution in [-0.4, -0.2) is 36.7 Å². The van der Waals surface area contributed by atoms with Crippen molar-refractivity contribution in [2.75, 3.05) is 6.26 Å². The van der Waals surface area contributed by atoms with Crippen molar-refractivity contribution in [2.24, 2.45) is 0 Å². The van der Waals surface area contributed by atoms with Gasteiger partial charge in [0.05, 0.1) is 16.5 Å². The van der Waals surface area contributed by atoms with Crippen LogP contribution in [-0.2, 0) is 21.1 Å². The summed E-state index contributed by atoms with van der Waals surface area (Å²) in [7, 11) is -3.29. The number of sulfone groups is 1. The summed E-state index contributed by atoms with van der Waals surface area (Å²) in [4.78, 5) is 26.4. The van der Waals surface area contributed by atoms with Crippen LogP contribution in [0.2, 0.25) is 0 Å². The van der Waals surface area contributed by atoms with Gasteiger partial charge in [-0.25, -0.2) is 13.2 Å². The van der Waals surface area contributed by atoms with Gasteiger partial charge in [0.15, 0.2) is 9.84 Å². The summed E-state index contributed by atoms with van der Waals surface area (Å²) in [5.74, 6) is -0.545. The molecule has 0 spiro atoms. The van der Waals surface area contributed by atoms with Crippen molar-refractivity contribution in [3.05, 3.63) is 125 Å². The van der Waals surface area contributed by atoms with E-state index in [2.05, 4.69) is 35.9 Å². The summed E-state index contributed by atoms with van der Waals surface area (Å²) in [6.07, 6.45) is 1.17. The highest BCUT2D eigenvalue weighted by Gasteiger charge is 2.21. The Morgan fingerprint density at radius 2 is 1.54 bits per heavy atom. The lowest BCUT2D eigenvalue weighted by Crippen LogP contribution is -2.26. The van der Waals surface area contributed by atoms with Gasteiger partial charge in [0.1, 0.15) is 5.60 Å². The van der Waals surface area contributed by atoms with Crippen molar-refractivity contribution in [2.45, 2.75) is 64.6 Å². The molecule has 1 N–H and O–H groups in total. The molecule has 238 valence electrons. The molecule has 1 amide bonds. The SMILES string of the molecule is Cc1c(C)n(Cc2ccc(-c3ccccc3C(=O)OC(C)(C)C)cc2)c2ccc(C(=O)NC(C)c3ccc(S(C)(=O)=O)cc3)cc12. The molecule has 1 unspecified atom stereocenters. The fourth-order valence-electron chi connectivity index (χ4n) is 5.58. The second kappa shape index (κ2) is 12.6. The maximum Gasteiger partial charge on any atom is 0.339 e. The lowest BCUT2D eigenvalue weighted by atomic mass is 9.98. The van der Waals surface area contributed by atoms with Crippen LogP contribution < -0.4 is 5.32 Å². The van der Waals surface area contributed by atoms with Crippen LogP contribution in [0.25, 0.3) is 22.0 Å². The van der Waals surface area contributed by atoms with Crippen LogP contribution in [0.1, 0.15) is 76.8 Å². The molecule has 46 heavy (non-hydrogen) atoms. The minimum Gasteiger partial charge on any atom is -0.456 e. The smallest absolute Gasteiger partial charge is 0.339 e. The maximum absolute atomic E-state index is 13.2. The molecular weight excluding hydrogens is 596 g/mol. The Morgan fingerprint density at radius 1 is 0.891 bits per heavy atom. The minimum absolute atomic E-state index is 0.200. The van der Waals surface area contributed by atoms with Gasteiger partial charge in [0.25, 0.3) is 5.91 Å². The van der Waals surface area contributed by atoms with E-state index in [0.29, 0.717) is 17.7 Å². The minimum atomic E-state index is -3.29. The number of benzene rings is 4. The quantitative estimate of drug-likeness (QED) is 0.175. The Labute approximate surface area is 271 Å². The normalized spacial score (nSPS) is 12.6. The zero-order chi connectivity index (χ0) is 33.4. The summed E-state index contributed by atoms with van der Waals surface area (Å²) in [5.41, 5.74) is 7.46. The first-order valence-corrected chi connectivity index (χ1v) is 17.1. The summed E-state index contributed by atoms with van der Waals surface area (Å²) in [6.45, 7) is 12.3. The molecule has 0 aliphatic rings. The number of carbonyl (C=O) groups is 2. The average molecular weight is 637 g/mol. The monoisotopic (exact) mass is 636 g/mol. The van der Waals surface area contributed by atoms with E-state index in [0.717, 1.165) is 44.4 Å². The Bertz CT molecular complexity index is 2030. The third-order valence-corrected chi connectivity index (χ3v) is 9.34. The van der Waals surface area contributed by atoms with E-state index >= 15 is 0 Å². The number of ether oxygens (including phenoxy) is 1. The lowest BCUT2D eigenvalue weighted by molar-refractivity contribution is 0.00703. The second-order valence-corrected chi connectivity index (χ2v) is 14.8. The van der Waals surface area contributed by atoms with Gasteiger partial charge in [0, 0.05) is 35.0 Å². The molecule has 0 radical (unpaired) electrons. The zero-order valence-electron chi connectivity index (χ0n) is 27.3. The van der Waals surface area contributed by atoms with Crippen LogP contribution in [0.3, 0.4) is 0 Å². The van der Waals surface area contributed by atoms with Gasteiger partial charge in [-0.3, -0.25) is 4.79 Å². The van der Waals surface area contributed by atoms with Gasteiger partial charge < -0.3 is 14.6 Å². The molecule has 0 fully saturated rings. The number of carbonyl (C=O) groups excluding carboxylic acids is 2. The number of amides is 1. The van der Waals surface area contributed by atoms with Crippen LogP contribution >= 0.6 is 0 Å². The Kier molecular flexibility index (Phi) is 8.96. The van der Waals surface area contributed by atoms with Crippen molar-refractivity contribution in [3.8, 4) is 11.1 Å². The lowest BCUT2D eigenvalue weighted by Gasteiger charge is -2.20. The van der Waals surface area contributed by atoms with Crippen molar-refractivity contribution >= 4 is 32.6 Å². The van der Waals surface area contributed by atoms with E-state index < -0.39 is 15.4 Å². The highest BCUT2D eigenvalue weighted by Crippen LogP contribution is 2.30. The molecule has 5 aromatic rings. The van der Waals surface area contributed by atoms with E-state index in [1.165, 1.54) is 6.26 Å². The number of aryl methyl sites for hydroxylation is 1. The van der Waals surface area contributed by atoms with Crippen LogP contribution in [0, 0.1) is 13.8 Å². The van der Waals surface area contributed by atoms with Crippen molar-refractivity contribution in [1.29, 1.82) is 0 Å². The number of rotatable bonds is 8. The van der Waals surface area contributed by atoms with Crippen molar-refractivity contribution in [3.63, 3.8) is 0 Å². The van der Waals surface area contributed by atoms with Gasteiger partial charge in [-0.15, -0.1) is 0 Å². The van der Waals surface area contributed by atoms with Gasteiger partial charge in [-0.05, 0) is 106 Å². The first-order valence-electron chi connectivity index (χ1n) is 15.2. The van der Waals surface area contributed by atoms with Gasteiger partial charge in [0.2, 0.25) is 0 Å². The molecule has 1 atom stereocenters. The Morgan fingerprint density at radius 3 is 2.17 bits per heavy atom. The summed E-state index contributed by atoms with van der Waals surface area (Å²) < 4.78 is 31.5. The number of esters is 1. The van der Waals surface area contributed by atoms with E-state index in [4.69, 9.17) is 4.74 Å². The molecule has 0 aliphatic carbocycles. The van der Waals surface area contributed by atoms with Crippen LogP contribution in [0.5, 0.6) is 0 Å². The summed E-state index contributed by atoms with van der Waals surface area (Å²) >= 11 is 0. The number of fused-ring (bicyclic) bond motifs is 1. The molecule has 1 heterocycles. The number of nitrogens with one attached hydrogen (secondary N) is 1. The van der Waals surface area contributed by atoms with Crippen LogP contribution in [0.15, 0.2) is 95.9 Å². The number of nitrogens with zero attached hydrogens (tertiary/aromatic N) is 1. The van der Waals surface area contributed by atoms with E-state index in [9.17, 15) is 18.0 Å². The number of aromatic nitrogens is 1. The van der Waals surface area contributed by atoms with Gasteiger partial charge >= 0.3 is 5.97 Å². The van der Waals surface area contributed by atoms with Gasteiger partial charge in [-0.2, -0.15) is 0 Å². The predicted molar refractivity (Wildman–Crippen MR) is 183 cm³/mol. The van der Waals surface area contributed by atoms with E-state index in [1.54, 1.807) is 30.3 Å². The molecular formula is C38H40N2O5S. The van der Waals surface area contributed by atoms with E-state index in [1.807, 2.05) is 76.2 Å². The average Bonchev–Trinajstić information content (AvgIpc) is 3.24. The highest BCUT2D eigenvalue weighted by atomic mass is 32.2. The predicted octanol–water partition coefficient (Wildman–Crippen LogP) is 7.82. The molecule has 1 aromatic heterocycles. The number of hydrogen-bond donors (Lipinski definition) is 1. The van der Waals surface area contributed by atoms with Gasteiger partial charge in [-0.1, -0.05) is 54.6 Å². The third-order valence-electron chi connectivity index (χ3n) is 8.21. The largest absolute Gasteiger partial charge is 0.456 e. The molecule has 8 heteroatoms. The first-order chi connectivity index (χ1) is 21.6. The van der Waals surface area contributed by atoms with Crippen molar-refractivity contribution < 1.29 is 22.7 Å². The zero-order valence-corrected chi connectivity index (χ0v) is 28.2. The fraction of sp³-hybridized carbons (Fsp3) is 0.263. The molecule has 0 saturated carbocycles. The molecule has 7 nitrogen and oxygen atoms in total. The van der Waals surface area contributed by atoms with Crippen LogP contribution in [0.4, 0.5) is 0 Å². The second-order valence-electron chi connectivity index (χ2n) is 12.8. The Hall–Kier alpha value is -4.69. The molecule has 5 rings (SSSR count). The first kappa shape index (κ1) is 32.7. The summed E-state index contributed by atoms with van der Waals surface area (Å²) in [6, 6.07) is 27.7. The Balaban J connectivity index is 1.34. The highest BCUT2D eigenvalue weighted by molar-refractivity contribution is 7.90.